The second-order valence-electron chi connectivity index (χ2n) is 5.93. The summed E-state index contributed by atoms with van der Waals surface area (Å²) in [6.45, 7) is 1.00. The van der Waals surface area contributed by atoms with Gasteiger partial charge in [-0.25, -0.2) is 12.8 Å². The van der Waals surface area contributed by atoms with Gasteiger partial charge in [-0.05, 0) is 30.3 Å². The Morgan fingerprint density at radius 3 is 2.59 bits per heavy atom. The summed E-state index contributed by atoms with van der Waals surface area (Å²) in [4.78, 5) is 13.9. The van der Waals surface area contributed by atoms with Crippen LogP contribution in [0.3, 0.4) is 0 Å². The molecular weight excluding hydrogens is 415 g/mol. The molecule has 1 saturated heterocycles. The summed E-state index contributed by atoms with van der Waals surface area (Å²) in [6.07, 6.45) is 1.59. The SMILES string of the molecule is O=C(CSCc1ccco1)N1CCN(S(=O)(=O)c2ccc(F)c(Cl)c2)CC1. The monoisotopic (exact) mass is 432 g/mol. The number of nitrogens with zero attached hydrogens (tertiary/aromatic N) is 2. The minimum Gasteiger partial charge on any atom is -0.468 e. The number of hydrogen-bond acceptors (Lipinski definition) is 5. The van der Waals surface area contributed by atoms with Gasteiger partial charge in [0.2, 0.25) is 15.9 Å². The van der Waals surface area contributed by atoms with Gasteiger partial charge in [-0.15, -0.1) is 11.8 Å². The van der Waals surface area contributed by atoms with Crippen LogP contribution in [-0.2, 0) is 20.6 Å². The van der Waals surface area contributed by atoms with E-state index in [4.69, 9.17) is 16.0 Å². The molecule has 27 heavy (non-hydrogen) atoms. The topological polar surface area (TPSA) is 70.8 Å². The Kier molecular flexibility index (Phi) is 6.46. The molecule has 1 fully saturated rings. The van der Waals surface area contributed by atoms with E-state index in [1.54, 1.807) is 17.2 Å². The number of carbonyl (C=O) groups is 1. The quantitative estimate of drug-likeness (QED) is 0.702. The van der Waals surface area contributed by atoms with Crippen molar-refractivity contribution < 1.29 is 22.0 Å². The molecule has 0 bridgehead atoms. The van der Waals surface area contributed by atoms with Crippen molar-refractivity contribution in [3.8, 4) is 0 Å². The fraction of sp³-hybridized carbons (Fsp3) is 0.353. The molecule has 1 aliphatic rings. The maximum absolute atomic E-state index is 13.3. The highest BCUT2D eigenvalue weighted by Gasteiger charge is 2.30. The van der Waals surface area contributed by atoms with Gasteiger partial charge in [0.05, 0.1) is 27.7 Å². The Morgan fingerprint density at radius 2 is 1.96 bits per heavy atom. The fourth-order valence-corrected chi connectivity index (χ4v) is 5.21. The average Bonchev–Trinajstić information content (AvgIpc) is 3.17. The molecule has 3 rings (SSSR count). The van der Waals surface area contributed by atoms with E-state index in [9.17, 15) is 17.6 Å². The van der Waals surface area contributed by atoms with Crippen LogP contribution < -0.4 is 0 Å². The largest absolute Gasteiger partial charge is 0.468 e. The van der Waals surface area contributed by atoms with Gasteiger partial charge in [-0.1, -0.05) is 11.6 Å². The Hall–Kier alpha value is -1.55. The molecule has 0 unspecified atom stereocenters. The Balaban J connectivity index is 1.53. The zero-order valence-electron chi connectivity index (χ0n) is 14.3. The number of sulfonamides is 1. The van der Waals surface area contributed by atoms with Gasteiger partial charge >= 0.3 is 0 Å². The Bertz CT molecular complexity index is 898. The summed E-state index contributed by atoms with van der Waals surface area (Å²) < 4.78 is 45.1. The van der Waals surface area contributed by atoms with Crippen molar-refractivity contribution in [2.24, 2.45) is 0 Å². The van der Waals surface area contributed by atoms with Crippen molar-refractivity contribution in [3.63, 3.8) is 0 Å². The van der Waals surface area contributed by atoms with Gasteiger partial charge in [0.25, 0.3) is 0 Å². The molecule has 0 aliphatic carbocycles. The van der Waals surface area contributed by atoms with Crippen LogP contribution in [-0.4, -0.2) is 55.5 Å². The first-order valence-corrected chi connectivity index (χ1v) is 11.2. The van der Waals surface area contributed by atoms with Gasteiger partial charge in [0.1, 0.15) is 11.6 Å². The van der Waals surface area contributed by atoms with E-state index in [0.29, 0.717) is 24.6 Å². The molecule has 0 atom stereocenters. The van der Waals surface area contributed by atoms with E-state index in [1.165, 1.54) is 22.1 Å². The van der Waals surface area contributed by atoms with E-state index in [1.807, 2.05) is 6.07 Å². The molecule has 1 aromatic heterocycles. The predicted octanol–water partition coefficient (Wildman–Crippen LogP) is 2.84. The molecule has 1 aliphatic heterocycles. The summed E-state index contributed by atoms with van der Waals surface area (Å²) in [5.74, 6) is 1.02. The number of amides is 1. The van der Waals surface area contributed by atoms with Crippen LogP contribution in [0, 0.1) is 5.82 Å². The van der Waals surface area contributed by atoms with E-state index >= 15 is 0 Å². The summed E-state index contributed by atoms with van der Waals surface area (Å²) >= 11 is 7.14. The van der Waals surface area contributed by atoms with Gasteiger partial charge < -0.3 is 9.32 Å². The molecule has 1 aromatic carbocycles. The number of halogens is 2. The second kappa shape index (κ2) is 8.64. The van der Waals surface area contributed by atoms with Crippen molar-refractivity contribution in [1.29, 1.82) is 0 Å². The normalized spacial score (nSPS) is 15.9. The van der Waals surface area contributed by atoms with E-state index < -0.39 is 15.8 Å². The lowest BCUT2D eigenvalue weighted by Crippen LogP contribution is -2.51. The Labute approximate surface area is 166 Å². The van der Waals surface area contributed by atoms with Crippen LogP contribution in [0.15, 0.2) is 45.9 Å². The maximum Gasteiger partial charge on any atom is 0.243 e. The van der Waals surface area contributed by atoms with Crippen molar-refractivity contribution in [2.45, 2.75) is 10.6 Å². The third-order valence-electron chi connectivity index (χ3n) is 4.17. The standard InChI is InChI=1S/C17H18ClFN2O4S2/c18-15-10-14(3-4-16(15)19)27(23,24)21-7-5-20(6-8-21)17(22)12-26-11-13-2-1-9-25-13/h1-4,9-10H,5-8,11-12H2. The maximum atomic E-state index is 13.3. The van der Waals surface area contributed by atoms with E-state index in [2.05, 4.69) is 0 Å². The lowest BCUT2D eigenvalue weighted by Gasteiger charge is -2.34. The van der Waals surface area contributed by atoms with Crippen molar-refractivity contribution in [3.05, 3.63) is 53.2 Å². The first-order chi connectivity index (χ1) is 12.9. The van der Waals surface area contributed by atoms with Crippen LogP contribution in [0.4, 0.5) is 4.39 Å². The summed E-state index contributed by atoms with van der Waals surface area (Å²) in [7, 11) is -3.77. The van der Waals surface area contributed by atoms with Crippen LogP contribution in [0.2, 0.25) is 5.02 Å². The first kappa shape index (κ1) is 20.2. The van der Waals surface area contributed by atoms with Gasteiger partial charge in [-0.2, -0.15) is 4.31 Å². The zero-order chi connectivity index (χ0) is 19.4. The highest BCUT2D eigenvalue weighted by molar-refractivity contribution is 7.99. The number of furan rings is 1. The first-order valence-electron chi connectivity index (χ1n) is 8.21. The molecule has 146 valence electrons. The lowest BCUT2D eigenvalue weighted by atomic mass is 10.3. The highest BCUT2D eigenvalue weighted by atomic mass is 35.5. The zero-order valence-corrected chi connectivity index (χ0v) is 16.7. The average molecular weight is 433 g/mol. The van der Waals surface area contributed by atoms with Crippen LogP contribution in [0.1, 0.15) is 5.76 Å². The molecule has 2 heterocycles. The molecule has 2 aromatic rings. The summed E-state index contributed by atoms with van der Waals surface area (Å²) in [6, 6.07) is 6.98. The number of rotatable bonds is 6. The fourth-order valence-electron chi connectivity index (χ4n) is 2.69. The van der Waals surface area contributed by atoms with Crippen molar-refractivity contribution in [2.75, 3.05) is 31.9 Å². The number of thioether (sulfide) groups is 1. The van der Waals surface area contributed by atoms with Crippen LogP contribution in [0.5, 0.6) is 0 Å². The number of hydrogen-bond donors (Lipinski definition) is 0. The van der Waals surface area contributed by atoms with Crippen LogP contribution in [0.25, 0.3) is 0 Å². The lowest BCUT2D eigenvalue weighted by molar-refractivity contribution is -0.129. The molecule has 0 spiro atoms. The van der Waals surface area contributed by atoms with Gasteiger partial charge in [-0.3, -0.25) is 4.79 Å². The minimum absolute atomic E-state index is 0.0339. The number of benzene rings is 1. The molecule has 0 saturated carbocycles. The third kappa shape index (κ3) is 4.84. The molecule has 1 amide bonds. The molecule has 0 N–H and O–H groups in total. The Morgan fingerprint density at radius 1 is 1.22 bits per heavy atom. The molecule has 10 heteroatoms. The number of piperazine rings is 1. The van der Waals surface area contributed by atoms with Gasteiger partial charge in [0, 0.05) is 26.2 Å². The molecular formula is C17H18ClFN2O4S2. The van der Waals surface area contributed by atoms with Gasteiger partial charge in [0.15, 0.2) is 0 Å². The van der Waals surface area contributed by atoms with Crippen molar-refractivity contribution in [1.82, 2.24) is 9.21 Å². The third-order valence-corrected chi connectivity index (χ3v) is 7.29. The molecule has 6 nitrogen and oxygen atoms in total. The van der Waals surface area contributed by atoms with Crippen LogP contribution >= 0.6 is 23.4 Å². The highest BCUT2D eigenvalue weighted by Crippen LogP contribution is 2.23. The van der Waals surface area contributed by atoms with Crippen molar-refractivity contribution >= 4 is 39.3 Å². The summed E-state index contributed by atoms with van der Waals surface area (Å²) in [5.41, 5.74) is 0. The smallest absolute Gasteiger partial charge is 0.243 e. The molecule has 0 radical (unpaired) electrons. The second-order valence-corrected chi connectivity index (χ2v) is 9.26. The van der Waals surface area contributed by atoms with E-state index in [-0.39, 0.29) is 28.9 Å². The predicted molar refractivity (Wildman–Crippen MR) is 102 cm³/mol. The number of carbonyl (C=O) groups excluding carboxylic acids is 1. The minimum atomic E-state index is -3.77. The summed E-state index contributed by atoms with van der Waals surface area (Å²) in [5, 5.41) is -0.238. The van der Waals surface area contributed by atoms with E-state index in [0.717, 1.165) is 17.9 Å².